The lowest BCUT2D eigenvalue weighted by molar-refractivity contribution is -0.275. The summed E-state index contributed by atoms with van der Waals surface area (Å²) >= 11 is 11.4. The van der Waals surface area contributed by atoms with E-state index in [0.717, 1.165) is 12.1 Å². The first-order valence-electron chi connectivity index (χ1n) is 5.75. The third-order valence-electron chi connectivity index (χ3n) is 2.52. The second-order valence-electron chi connectivity index (χ2n) is 5.42. The standard InChI is InChI=1S/C12H15Cl2F3O2Si/c1-20(2,3)19-7-11(18,12(15,16)17)8-4-9(13)6-10(14)5-8/h4-6,18H,7H2,1-3H3. The Morgan fingerprint density at radius 1 is 1.10 bits per heavy atom. The fraction of sp³-hybridized carbons (Fsp3) is 0.500. The highest BCUT2D eigenvalue weighted by Gasteiger charge is 2.55. The highest BCUT2D eigenvalue weighted by molar-refractivity contribution is 6.69. The molecule has 2 nitrogen and oxygen atoms in total. The first-order valence-corrected chi connectivity index (χ1v) is 9.91. The van der Waals surface area contributed by atoms with E-state index in [1.165, 1.54) is 6.07 Å². The SMILES string of the molecule is C[Si](C)(C)OCC(O)(c1cc(Cl)cc(Cl)c1)C(F)(F)F. The van der Waals surface area contributed by atoms with E-state index in [1.807, 2.05) is 0 Å². The van der Waals surface area contributed by atoms with Crippen LogP contribution >= 0.6 is 23.2 Å². The van der Waals surface area contributed by atoms with Gasteiger partial charge in [-0.15, -0.1) is 0 Å². The molecule has 8 heteroatoms. The lowest BCUT2D eigenvalue weighted by atomic mass is 9.94. The summed E-state index contributed by atoms with van der Waals surface area (Å²) in [5, 5.41) is 10.1. The molecule has 0 aromatic heterocycles. The molecular formula is C12H15Cl2F3O2Si. The van der Waals surface area contributed by atoms with Gasteiger partial charge in [0.15, 0.2) is 8.32 Å². The summed E-state index contributed by atoms with van der Waals surface area (Å²) in [6.45, 7) is 4.31. The van der Waals surface area contributed by atoms with Crippen LogP contribution in [0.25, 0.3) is 0 Å². The van der Waals surface area contributed by atoms with E-state index in [2.05, 4.69) is 0 Å². The number of alkyl halides is 3. The molecule has 1 rings (SSSR count). The number of hydrogen-bond acceptors (Lipinski definition) is 2. The molecule has 0 saturated carbocycles. The van der Waals surface area contributed by atoms with Crippen LogP contribution in [0.2, 0.25) is 29.7 Å². The molecule has 1 aromatic rings. The van der Waals surface area contributed by atoms with Gasteiger partial charge in [-0.3, -0.25) is 0 Å². The quantitative estimate of drug-likeness (QED) is 0.807. The van der Waals surface area contributed by atoms with Crippen LogP contribution in [0.5, 0.6) is 0 Å². The van der Waals surface area contributed by atoms with Gasteiger partial charge in [-0.1, -0.05) is 23.2 Å². The maximum Gasteiger partial charge on any atom is 0.423 e. The molecule has 1 N–H and O–H groups in total. The summed E-state index contributed by atoms with van der Waals surface area (Å²) in [6.07, 6.45) is -4.90. The van der Waals surface area contributed by atoms with Gasteiger partial charge < -0.3 is 9.53 Å². The Bertz CT molecular complexity index is 468. The van der Waals surface area contributed by atoms with E-state index in [1.54, 1.807) is 19.6 Å². The average molecular weight is 347 g/mol. The van der Waals surface area contributed by atoms with Crippen molar-refractivity contribution in [2.75, 3.05) is 6.61 Å². The smallest absolute Gasteiger partial charge is 0.414 e. The predicted molar refractivity (Wildman–Crippen MR) is 75.7 cm³/mol. The summed E-state index contributed by atoms with van der Waals surface area (Å²) in [6, 6.07) is 3.37. The predicted octanol–water partition coefficient (Wildman–Crippen LogP) is 4.59. The monoisotopic (exact) mass is 346 g/mol. The van der Waals surface area contributed by atoms with E-state index in [9.17, 15) is 18.3 Å². The molecule has 0 amide bonds. The molecular weight excluding hydrogens is 332 g/mol. The van der Waals surface area contributed by atoms with Crippen LogP contribution in [0.3, 0.4) is 0 Å². The molecule has 0 bridgehead atoms. The van der Waals surface area contributed by atoms with Gasteiger partial charge in [0.2, 0.25) is 5.60 Å². The van der Waals surface area contributed by atoms with Crippen molar-refractivity contribution in [3.63, 3.8) is 0 Å². The maximum absolute atomic E-state index is 13.2. The average Bonchev–Trinajstić information content (AvgIpc) is 2.21. The molecule has 0 aliphatic heterocycles. The van der Waals surface area contributed by atoms with Crippen molar-refractivity contribution in [1.82, 2.24) is 0 Å². The molecule has 1 unspecified atom stereocenters. The van der Waals surface area contributed by atoms with Gasteiger partial charge in [0.05, 0.1) is 6.61 Å². The summed E-state index contributed by atoms with van der Waals surface area (Å²) < 4.78 is 44.9. The summed E-state index contributed by atoms with van der Waals surface area (Å²) in [5.74, 6) is 0. The van der Waals surface area contributed by atoms with Crippen molar-refractivity contribution in [1.29, 1.82) is 0 Å². The molecule has 1 aromatic carbocycles. The first-order chi connectivity index (χ1) is 8.85. The maximum atomic E-state index is 13.2. The van der Waals surface area contributed by atoms with Gasteiger partial charge in [-0.05, 0) is 43.4 Å². The minimum Gasteiger partial charge on any atom is -0.414 e. The number of hydrogen-bond donors (Lipinski definition) is 1. The highest BCUT2D eigenvalue weighted by Crippen LogP contribution is 2.41. The number of halogens is 5. The van der Waals surface area contributed by atoms with Gasteiger partial charge in [0, 0.05) is 10.0 Å². The molecule has 0 radical (unpaired) electrons. The highest BCUT2D eigenvalue weighted by atomic mass is 35.5. The molecule has 114 valence electrons. The minimum atomic E-state index is -4.90. The molecule has 0 aliphatic carbocycles. The Hall–Kier alpha value is -0.273. The lowest BCUT2D eigenvalue weighted by Crippen LogP contribution is -2.48. The number of aliphatic hydroxyl groups is 1. The zero-order valence-electron chi connectivity index (χ0n) is 11.2. The Balaban J connectivity index is 3.24. The van der Waals surface area contributed by atoms with Crippen molar-refractivity contribution < 1.29 is 22.7 Å². The fourth-order valence-corrected chi connectivity index (χ4v) is 2.61. The van der Waals surface area contributed by atoms with Gasteiger partial charge in [-0.25, -0.2) is 0 Å². The minimum absolute atomic E-state index is 0.0168. The summed E-state index contributed by atoms with van der Waals surface area (Å²) in [4.78, 5) is 0. The van der Waals surface area contributed by atoms with Crippen LogP contribution in [-0.2, 0) is 10.0 Å². The zero-order valence-corrected chi connectivity index (χ0v) is 13.7. The first kappa shape index (κ1) is 17.8. The number of rotatable bonds is 4. The van der Waals surface area contributed by atoms with Crippen molar-refractivity contribution in [3.8, 4) is 0 Å². The van der Waals surface area contributed by atoms with Crippen molar-refractivity contribution >= 4 is 31.5 Å². The summed E-state index contributed by atoms with van der Waals surface area (Å²) in [7, 11) is -2.23. The van der Waals surface area contributed by atoms with Crippen LogP contribution in [0, 0.1) is 0 Å². The Kier molecular flexibility index (Phi) is 5.20. The lowest BCUT2D eigenvalue weighted by Gasteiger charge is -2.33. The molecule has 1 atom stereocenters. The van der Waals surface area contributed by atoms with Crippen LogP contribution in [0.4, 0.5) is 13.2 Å². The van der Waals surface area contributed by atoms with E-state index >= 15 is 0 Å². The molecule has 20 heavy (non-hydrogen) atoms. The third kappa shape index (κ3) is 4.36. The van der Waals surface area contributed by atoms with Gasteiger partial charge in [-0.2, -0.15) is 13.2 Å². The van der Waals surface area contributed by atoms with Crippen LogP contribution < -0.4 is 0 Å². The van der Waals surface area contributed by atoms with E-state index < -0.39 is 32.3 Å². The van der Waals surface area contributed by atoms with Crippen LogP contribution in [0.15, 0.2) is 18.2 Å². The Morgan fingerprint density at radius 2 is 1.55 bits per heavy atom. The molecule has 0 heterocycles. The Morgan fingerprint density at radius 3 is 1.90 bits per heavy atom. The largest absolute Gasteiger partial charge is 0.423 e. The topological polar surface area (TPSA) is 29.5 Å². The Labute approximate surface area is 126 Å². The van der Waals surface area contributed by atoms with Crippen LogP contribution in [0.1, 0.15) is 5.56 Å². The van der Waals surface area contributed by atoms with E-state index in [4.69, 9.17) is 27.6 Å². The van der Waals surface area contributed by atoms with Crippen molar-refractivity contribution in [2.45, 2.75) is 31.4 Å². The van der Waals surface area contributed by atoms with E-state index in [-0.39, 0.29) is 10.0 Å². The third-order valence-corrected chi connectivity index (χ3v) is 3.97. The van der Waals surface area contributed by atoms with Gasteiger partial charge in [0.1, 0.15) is 0 Å². The summed E-state index contributed by atoms with van der Waals surface area (Å²) in [5.41, 5.74) is -3.57. The van der Waals surface area contributed by atoms with Crippen molar-refractivity contribution in [2.24, 2.45) is 0 Å². The van der Waals surface area contributed by atoms with Gasteiger partial charge >= 0.3 is 6.18 Å². The molecule has 0 spiro atoms. The molecule has 0 saturated heterocycles. The zero-order chi connectivity index (χ0) is 15.8. The molecule has 0 fully saturated rings. The van der Waals surface area contributed by atoms with Gasteiger partial charge in [0.25, 0.3) is 0 Å². The second kappa shape index (κ2) is 5.85. The fourth-order valence-electron chi connectivity index (χ4n) is 1.44. The van der Waals surface area contributed by atoms with Crippen molar-refractivity contribution in [3.05, 3.63) is 33.8 Å². The molecule has 0 aliphatic rings. The van der Waals surface area contributed by atoms with Crippen LogP contribution in [-0.4, -0.2) is 26.2 Å². The number of benzene rings is 1. The van der Waals surface area contributed by atoms with E-state index in [0.29, 0.717) is 0 Å². The normalized spacial score (nSPS) is 16.1. The second-order valence-corrected chi connectivity index (χ2v) is 10.8.